The Balaban J connectivity index is 2.28. The molecule has 3 aromatic rings. The Morgan fingerprint density at radius 2 is 2.10 bits per heavy atom. The molecule has 3 nitrogen and oxygen atoms in total. The number of pyridine rings is 1. The van der Waals surface area contributed by atoms with Crippen LogP contribution in [0.5, 0.6) is 0 Å². The number of anilines is 1. The number of nitrogens with two attached hydrogens (primary N) is 1. The van der Waals surface area contributed by atoms with Gasteiger partial charge in [0.25, 0.3) is 0 Å². The molecule has 3 aromatic heterocycles. The smallest absolute Gasteiger partial charge is 0.129 e. The number of nitriles is 1. The number of nitrogens with zero attached hydrogens (tertiary/aromatic N) is 2. The summed E-state index contributed by atoms with van der Waals surface area (Å²) in [7, 11) is 0. The predicted octanol–water partition coefficient (Wildman–Crippen LogP) is 4.61. The van der Waals surface area contributed by atoms with Crippen molar-refractivity contribution in [1.82, 2.24) is 4.98 Å². The zero-order valence-electron chi connectivity index (χ0n) is 11.7. The molecule has 104 valence electrons. The molecule has 0 fully saturated rings. The number of hydrogen-bond donors (Lipinski definition) is 1. The molecular weight excluding hydrogens is 298 g/mol. The van der Waals surface area contributed by atoms with Gasteiger partial charge in [0.1, 0.15) is 10.9 Å². The fourth-order valence-electron chi connectivity index (χ4n) is 2.18. The van der Waals surface area contributed by atoms with Crippen molar-refractivity contribution in [2.24, 2.45) is 0 Å². The highest BCUT2D eigenvalue weighted by Gasteiger charge is 2.20. The Kier molecular flexibility index (Phi) is 3.50. The third-order valence-electron chi connectivity index (χ3n) is 3.39. The van der Waals surface area contributed by atoms with Gasteiger partial charge < -0.3 is 5.73 Å². The summed E-state index contributed by atoms with van der Waals surface area (Å²) in [6.45, 7) is 4.21. The van der Waals surface area contributed by atoms with Gasteiger partial charge in [0.15, 0.2) is 0 Å². The first-order valence-corrected chi connectivity index (χ1v) is 8.05. The summed E-state index contributed by atoms with van der Waals surface area (Å²) >= 11 is 3.19. The number of hydrogen-bond acceptors (Lipinski definition) is 5. The number of aryl methyl sites for hydroxylation is 2. The maximum absolute atomic E-state index is 9.28. The fourth-order valence-corrected chi connectivity index (χ4v) is 4.36. The third kappa shape index (κ3) is 2.33. The van der Waals surface area contributed by atoms with Gasteiger partial charge in [0.2, 0.25) is 0 Å². The van der Waals surface area contributed by atoms with E-state index < -0.39 is 0 Å². The molecule has 5 heteroatoms. The lowest BCUT2D eigenvalue weighted by Gasteiger charge is -2.03. The van der Waals surface area contributed by atoms with Crippen molar-refractivity contribution in [3.05, 3.63) is 45.9 Å². The third-order valence-corrected chi connectivity index (χ3v) is 5.83. The van der Waals surface area contributed by atoms with Crippen molar-refractivity contribution in [1.29, 1.82) is 5.26 Å². The summed E-state index contributed by atoms with van der Waals surface area (Å²) < 4.78 is 0. The van der Waals surface area contributed by atoms with E-state index in [1.807, 2.05) is 12.1 Å². The number of nitrogen functional groups attached to an aromatic ring is 1. The molecule has 0 aliphatic rings. The minimum absolute atomic E-state index is 0.550. The van der Waals surface area contributed by atoms with E-state index >= 15 is 0 Å². The van der Waals surface area contributed by atoms with Crippen LogP contribution in [0.1, 0.15) is 15.3 Å². The molecule has 0 spiro atoms. The first-order chi connectivity index (χ1) is 10.1. The van der Waals surface area contributed by atoms with Crippen LogP contribution in [-0.4, -0.2) is 4.98 Å². The molecule has 0 aromatic carbocycles. The molecule has 0 unspecified atom stereocenters. The van der Waals surface area contributed by atoms with Crippen LogP contribution in [0.2, 0.25) is 0 Å². The van der Waals surface area contributed by atoms with Gasteiger partial charge in [-0.2, -0.15) is 5.26 Å². The molecule has 3 rings (SSSR count). The largest absolute Gasteiger partial charge is 0.396 e. The number of rotatable bonds is 2. The molecule has 3 heterocycles. The Hall–Kier alpha value is -2.16. The maximum Gasteiger partial charge on any atom is 0.129 e. The van der Waals surface area contributed by atoms with E-state index in [1.165, 1.54) is 21.8 Å². The topological polar surface area (TPSA) is 62.7 Å². The van der Waals surface area contributed by atoms with Gasteiger partial charge in [0, 0.05) is 33.3 Å². The van der Waals surface area contributed by atoms with Crippen molar-refractivity contribution in [2.75, 3.05) is 5.73 Å². The molecule has 21 heavy (non-hydrogen) atoms. The Morgan fingerprint density at radius 3 is 2.67 bits per heavy atom. The number of aromatic nitrogens is 1. The van der Waals surface area contributed by atoms with Gasteiger partial charge in [-0.05, 0) is 31.5 Å². The molecule has 0 atom stereocenters. The molecule has 2 N–H and O–H groups in total. The molecule has 0 radical (unpaired) electrons. The molecule has 0 saturated carbocycles. The van der Waals surface area contributed by atoms with Crippen molar-refractivity contribution < 1.29 is 0 Å². The van der Waals surface area contributed by atoms with Crippen LogP contribution < -0.4 is 5.73 Å². The summed E-state index contributed by atoms with van der Waals surface area (Å²) in [4.78, 5) is 8.22. The van der Waals surface area contributed by atoms with Crippen LogP contribution in [0.3, 0.4) is 0 Å². The van der Waals surface area contributed by atoms with Gasteiger partial charge in [-0.3, -0.25) is 4.98 Å². The normalized spacial score (nSPS) is 10.5. The number of thiophene rings is 2. The quantitative estimate of drug-likeness (QED) is 0.751. The Bertz CT molecular complexity index is 819. The van der Waals surface area contributed by atoms with Gasteiger partial charge in [-0.15, -0.1) is 22.7 Å². The lowest BCUT2D eigenvalue weighted by molar-refractivity contribution is 1.33. The fraction of sp³-hybridized carbons (Fsp3) is 0.125. The van der Waals surface area contributed by atoms with E-state index in [2.05, 4.69) is 31.0 Å². The van der Waals surface area contributed by atoms with E-state index in [0.29, 0.717) is 10.6 Å². The first kappa shape index (κ1) is 13.8. The Morgan fingerprint density at radius 1 is 1.29 bits per heavy atom. The standard InChI is InChI=1S/C16H13N3S2/c1-9-6-12(20-10(9)2)16-14(11-4-3-5-19-8-11)15(18)13(7-17)21-16/h3-6,8H,18H2,1-2H3. The van der Waals surface area contributed by atoms with Crippen molar-refractivity contribution >= 4 is 28.4 Å². The summed E-state index contributed by atoms with van der Waals surface area (Å²) in [5.41, 5.74) is 9.88. The van der Waals surface area contributed by atoms with Crippen LogP contribution in [0.4, 0.5) is 5.69 Å². The summed E-state index contributed by atoms with van der Waals surface area (Å²) in [5.74, 6) is 0. The monoisotopic (exact) mass is 311 g/mol. The highest BCUT2D eigenvalue weighted by atomic mass is 32.1. The second kappa shape index (κ2) is 5.32. The van der Waals surface area contributed by atoms with Crippen molar-refractivity contribution in [3.63, 3.8) is 0 Å². The van der Waals surface area contributed by atoms with E-state index in [-0.39, 0.29) is 0 Å². The summed E-state index contributed by atoms with van der Waals surface area (Å²) in [6.07, 6.45) is 3.52. The first-order valence-electron chi connectivity index (χ1n) is 6.42. The highest BCUT2D eigenvalue weighted by molar-refractivity contribution is 7.23. The van der Waals surface area contributed by atoms with Crippen LogP contribution in [0.15, 0.2) is 30.6 Å². The van der Waals surface area contributed by atoms with E-state index in [9.17, 15) is 5.26 Å². The van der Waals surface area contributed by atoms with Gasteiger partial charge in [-0.25, -0.2) is 0 Å². The van der Waals surface area contributed by atoms with Gasteiger partial charge >= 0.3 is 0 Å². The minimum atomic E-state index is 0.550. The zero-order chi connectivity index (χ0) is 15.0. The van der Waals surface area contributed by atoms with E-state index in [0.717, 1.165) is 20.9 Å². The maximum atomic E-state index is 9.28. The zero-order valence-corrected chi connectivity index (χ0v) is 13.3. The SMILES string of the molecule is Cc1cc(-c2sc(C#N)c(N)c2-c2cccnc2)sc1C. The van der Waals surface area contributed by atoms with Crippen LogP contribution in [0.25, 0.3) is 20.9 Å². The van der Waals surface area contributed by atoms with Crippen LogP contribution >= 0.6 is 22.7 Å². The summed E-state index contributed by atoms with van der Waals surface area (Å²) in [5, 5.41) is 9.28. The lowest BCUT2D eigenvalue weighted by atomic mass is 10.1. The molecule has 0 aliphatic carbocycles. The van der Waals surface area contributed by atoms with E-state index in [4.69, 9.17) is 5.73 Å². The summed E-state index contributed by atoms with van der Waals surface area (Å²) in [6, 6.07) is 8.21. The minimum Gasteiger partial charge on any atom is -0.396 e. The molecule has 0 amide bonds. The second-order valence-electron chi connectivity index (χ2n) is 4.75. The average Bonchev–Trinajstić information content (AvgIpc) is 3.00. The molecule has 0 saturated heterocycles. The molecule has 0 bridgehead atoms. The highest BCUT2D eigenvalue weighted by Crippen LogP contribution is 2.47. The molecule has 0 aliphatic heterocycles. The predicted molar refractivity (Wildman–Crippen MR) is 89.5 cm³/mol. The van der Waals surface area contributed by atoms with Crippen LogP contribution in [-0.2, 0) is 0 Å². The van der Waals surface area contributed by atoms with Gasteiger partial charge in [0.05, 0.1) is 10.6 Å². The van der Waals surface area contributed by atoms with E-state index in [1.54, 1.807) is 23.7 Å². The molecular formula is C16H13N3S2. The average molecular weight is 311 g/mol. The van der Waals surface area contributed by atoms with Crippen LogP contribution in [0, 0.1) is 25.2 Å². The lowest BCUT2D eigenvalue weighted by Crippen LogP contribution is -1.89. The second-order valence-corrected chi connectivity index (χ2v) is 7.03. The van der Waals surface area contributed by atoms with Crippen molar-refractivity contribution in [2.45, 2.75) is 13.8 Å². The Labute approximate surface area is 131 Å². The van der Waals surface area contributed by atoms with Crippen molar-refractivity contribution in [3.8, 4) is 27.0 Å². The van der Waals surface area contributed by atoms with Gasteiger partial charge in [-0.1, -0.05) is 6.07 Å².